The van der Waals surface area contributed by atoms with Crippen LogP contribution >= 0.6 is 11.6 Å². The van der Waals surface area contributed by atoms with Crippen molar-refractivity contribution < 1.29 is 13.9 Å². The van der Waals surface area contributed by atoms with Gasteiger partial charge in [0.25, 0.3) is 0 Å². The van der Waals surface area contributed by atoms with Crippen LogP contribution in [0.1, 0.15) is 25.0 Å². The number of benzene rings is 1. The number of aliphatic hydroxyl groups is 1. The molecule has 1 N–H and O–H groups in total. The molecule has 1 aromatic carbocycles. The van der Waals surface area contributed by atoms with E-state index in [9.17, 15) is 13.9 Å². The zero-order valence-electron chi connectivity index (χ0n) is 7.02. The molecule has 0 spiro atoms. The highest BCUT2D eigenvalue weighted by atomic mass is 35.5. The van der Waals surface area contributed by atoms with Gasteiger partial charge in [-0.25, -0.2) is 8.78 Å². The fourth-order valence-corrected chi connectivity index (χ4v) is 1.32. The third-order valence-corrected chi connectivity index (χ3v) is 2.13. The smallest absolute Gasteiger partial charge is 0.166 e. The second-order valence-electron chi connectivity index (χ2n) is 2.68. The van der Waals surface area contributed by atoms with Crippen LogP contribution in [0.25, 0.3) is 0 Å². The van der Waals surface area contributed by atoms with E-state index in [2.05, 4.69) is 0 Å². The van der Waals surface area contributed by atoms with Crippen LogP contribution in [0.4, 0.5) is 8.78 Å². The van der Waals surface area contributed by atoms with E-state index in [0.29, 0.717) is 6.42 Å². The molecule has 0 aliphatic carbocycles. The Balaban J connectivity index is 3.25. The highest BCUT2D eigenvalue weighted by Gasteiger charge is 2.18. The zero-order valence-corrected chi connectivity index (χ0v) is 7.78. The lowest BCUT2D eigenvalue weighted by molar-refractivity contribution is 0.168. The number of halogens is 3. The van der Waals surface area contributed by atoms with Crippen LogP contribution in [0.3, 0.4) is 0 Å². The van der Waals surface area contributed by atoms with Gasteiger partial charge in [-0.3, -0.25) is 0 Å². The summed E-state index contributed by atoms with van der Waals surface area (Å²) in [6.45, 7) is 1.66. The molecule has 4 heteroatoms. The third-order valence-electron chi connectivity index (χ3n) is 1.80. The maximum atomic E-state index is 13.1. The summed E-state index contributed by atoms with van der Waals surface area (Å²) in [7, 11) is 0. The molecular weight excluding hydrogens is 198 g/mol. The van der Waals surface area contributed by atoms with E-state index in [4.69, 9.17) is 11.6 Å². The first-order valence-electron chi connectivity index (χ1n) is 3.89. The molecule has 1 unspecified atom stereocenters. The van der Waals surface area contributed by atoms with Gasteiger partial charge in [0.05, 0.1) is 6.10 Å². The summed E-state index contributed by atoms with van der Waals surface area (Å²) in [5.41, 5.74) is -0.163. The Hall–Kier alpha value is -0.670. The average Bonchev–Trinajstić information content (AvgIpc) is 2.12. The molecule has 0 bridgehead atoms. The maximum Gasteiger partial charge on any atom is 0.166 e. The number of hydrogen-bond acceptors (Lipinski definition) is 1. The van der Waals surface area contributed by atoms with Gasteiger partial charge in [0, 0.05) is 10.6 Å². The number of hydrogen-bond donors (Lipinski definition) is 1. The quantitative estimate of drug-likeness (QED) is 0.738. The standard InChI is InChI=1S/C9H9ClF2O/c1-2-7(13)8-5(10)3-4-6(11)9(8)12/h3-4,7,13H,2H2,1H3. The van der Waals surface area contributed by atoms with Gasteiger partial charge in [-0.1, -0.05) is 18.5 Å². The highest BCUT2D eigenvalue weighted by Crippen LogP contribution is 2.28. The topological polar surface area (TPSA) is 20.2 Å². The van der Waals surface area contributed by atoms with Crippen molar-refractivity contribution in [3.05, 3.63) is 34.4 Å². The van der Waals surface area contributed by atoms with Gasteiger partial charge >= 0.3 is 0 Å². The van der Waals surface area contributed by atoms with Crippen LogP contribution in [0.2, 0.25) is 5.02 Å². The minimum absolute atomic E-state index is 0.0493. The number of rotatable bonds is 2. The molecule has 0 heterocycles. The van der Waals surface area contributed by atoms with Gasteiger partial charge in [-0.2, -0.15) is 0 Å². The summed E-state index contributed by atoms with van der Waals surface area (Å²) in [6.07, 6.45) is -0.761. The molecule has 72 valence electrons. The third kappa shape index (κ3) is 1.98. The van der Waals surface area contributed by atoms with Crippen molar-refractivity contribution in [1.82, 2.24) is 0 Å². The summed E-state index contributed by atoms with van der Waals surface area (Å²) < 4.78 is 25.8. The second kappa shape index (κ2) is 4.03. The van der Waals surface area contributed by atoms with Gasteiger partial charge in [0.15, 0.2) is 11.6 Å². The predicted octanol–water partition coefficient (Wildman–Crippen LogP) is 3.06. The summed E-state index contributed by atoms with van der Waals surface area (Å²) in [5.74, 6) is -2.06. The fraction of sp³-hybridized carbons (Fsp3) is 0.333. The van der Waals surface area contributed by atoms with Gasteiger partial charge < -0.3 is 5.11 Å². The fourth-order valence-electron chi connectivity index (χ4n) is 1.05. The molecule has 0 aromatic heterocycles. The molecule has 0 saturated heterocycles. The zero-order chi connectivity index (χ0) is 10.0. The second-order valence-corrected chi connectivity index (χ2v) is 3.09. The van der Waals surface area contributed by atoms with Crippen molar-refractivity contribution in [2.75, 3.05) is 0 Å². The lowest BCUT2D eigenvalue weighted by Gasteiger charge is -2.11. The first kappa shape index (κ1) is 10.4. The average molecular weight is 207 g/mol. The molecule has 0 saturated carbocycles. The molecule has 0 radical (unpaired) electrons. The highest BCUT2D eigenvalue weighted by molar-refractivity contribution is 6.31. The Labute approximate surface area is 80.0 Å². The van der Waals surface area contributed by atoms with Gasteiger partial charge in [-0.15, -0.1) is 0 Å². The van der Waals surface area contributed by atoms with E-state index in [0.717, 1.165) is 6.07 Å². The summed E-state index contributed by atoms with van der Waals surface area (Å²) in [6, 6.07) is 2.16. The molecule has 0 aliphatic heterocycles. The van der Waals surface area contributed by atoms with Crippen molar-refractivity contribution in [1.29, 1.82) is 0 Å². The lowest BCUT2D eigenvalue weighted by atomic mass is 10.1. The van der Waals surface area contributed by atoms with E-state index in [1.54, 1.807) is 6.92 Å². The van der Waals surface area contributed by atoms with Crippen molar-refractivity contribution in [3.8, 4) is 0 Å². The van der Waals surface area contributed by atoms with Gasteiger partial charge in [0.2, 0.25) is 0 Å². The molecule has 13 heavy (non-hydrogen) atoms. The van der Waals surface area contributed by atoms with E-state index in [1.165, 1.54) is 6.07 Å². The molecule has 0 aliphatic rings. The SMILES string of the molecule is CCC(O)c1c(Cl)ccc(F)c1F. The summed E-state index contributed by atoms with van der Waals surface area (Å²) in [4.78, 5) is 0. The van der Waals surface area contributed by atoms with Crippen molar-refractivity contribution in [2.24, 2.45) is 0 Å². The van der Waals surface area contributed by atoms with Crippen LogP contribution in [-0.4, -0.2) is 5.11 Å². The molecule has 0 fully saturated rings. The molecule has 1 nitrogen and oxygen atoms in total. The van der Waals surface area contributed by atoms with E-state index in [-0.39, 0.29) is 10.6 Å². The predicted molar refractivity (Wildman–Crippen MR) is 46.6 cm³/mol. The Morgan fingerprint density at radius 1 is 1.46 bits per heavy atom. The van der Waals surface area contributed by atoms with Crippen molar-refractivity contribution in [2.45, 2.75) is 19.4 Å². The monoisotopic (exact) mass is 206 g/mol. The van der Waals surface area contributed by atoms with Crippen LogP contribution < -0.4 is 0 Å². The molecule has 1 atom stereocenters. The van der Waals surface area contributed by atoms with Gasteiger partial charge in [0.1, 0.15) is 0 Å². The first-order valence-corrected chi connectivity index (χ1v) is 4.27. The van der Waals surface area contributed by atoms with Crippen molar-refractivity contribution >= 4 is 11.6 Å². The molecule has 0 amide bonds. The Kier molecular flexibility index (Phi) is 3.22. The minimum atomic E-state index is -1.07. The van der Waals surface area contributed by atoms with Crippen molar-refractivity contribution in [3.63, 3.8) is 0 Å². The summed E-state index contributed by atoms with van der Waals surface area (Å²) in [5, 5.41) is 9.37. The normalized spacial score (nSPS) is 13.0. The molecule has 1 rings (SSSR count). The van der Waals surface area contributed by atoms with Crippen LogP contribution in [0.5, 0.6) is 0 Å². The molecule has 1 aromatic rings. The van der Waals surface area contributed by atoms with Gasteiger partial charge in [-0.05, 0) is 18.6 Å². The lowest BCUT2D eigenvalue weighted by Crippen LogP contribution is -2.02. The first-order chi connectivity index (χ1) is 6.07. The Morgan fingerprint density at radius 3 is 2.62 bits per heavy atom. The summed E-state index contributed by atoms with van der Waals surface area (Å²) >= 11 is 5.61. The Morgan fingerprint density at radius 2 is 2.08 bits per heavy atom. The minimum Gasteiger partial charge on any atom is -0.388 e. The van der Waals surface area contributed by atoms with E-state index in [1.807, 2.05) is 0 Å². The van der Waals surface area contributed by atoms with Crippen LogP contribution in [-0.2, 0) is 0 Å². The molecular formula is C9H9ClF2O. The largest absolute Gasteiger partial charge is 0.388 e. The van der Waals surface area contributed by atoms with Crippen LogP contribution in [0, 0.1) is 11.6 Å². The number of aliphatic hydroxyl groups excluding tert-OH is 1. The van der Waals surface area contributed by atoms with E-state index < -0.39 is 17.7 Å². The maximum absolute atomic E-state index is 13.1. The van der Waals surface area contributed by atoms with Crippen LogP contribution in [0.15, 0.2) is 12.1 Å². The van der Waals surface area contributed by atoms with E-state index >= 15 is 0 Å². The Bertz CT molecular complexity index is 315.